The summed E-state index contributed by atoms with van der Waals surface area (Å²) in [5, 5.41) is 60.7. The van der Waals surface area contributed by atoms with Gasteiger partial charge < -0.3 is 35.7 Å². The van der Waals surface area contributed by atoms with Crippen LogP contribution >= 0.6 is 0 Å². The van der Waals surface area contributed by atoms with Crippen molar-refractivity contribution < 1.29 is 39.9 Å². The van der Waals surface area contributed by atoms with E-state index in [9.17, 15) is 39.9 Å². The smallest absolute Gasteiger partial charge is 0.202 e. The van der Waals surface area contributed by atoms with Crippen molar-refractivity contribution in [2.24, 2.45) is 11.8 Å². The number of likely N-dealkylation sites (N-methyl/N-ethyl adjacent to an activating group) is 1. The lowest BCUT2D eigenvalue weighted by Crippen LogP contribution is -2.70. The van der Waals surface area contributed by atoms with Crippen LogP contribution < -0.4 is 5.32 Å². The van der Waals surface area contributed by atoms with Crippen molar-refractivity contribution >= 4 is 28.8 Å². The monoisotopic (exact) mass is 555 g/mol. The zero-order valence-electron chi connectivity index (χ0n) is 23.3. The van der Waals surface area contributed by atoms with Crippen LogP contribution in [0, 0.1) is 11.8 Å². The van der Waals surface area contributed by atoms with E-state index in [4.69, 9.17) is 0 Å². The highest BCUT2D eigenvalue weighted by atomic mass is 16.4. The van der Waals surface area contributed by atoms with Crippen LogP contribution in [0.2, 0.25) is 0 Å². The maximum atomic E-state index is 14.1. The van der Waals surface area contributed by atoms with E-state index in [1.165, 1.54) is 19.0 Å². The van der Waals surface area contributed by atoms with E-state index in [0.717, 1.165) is 32.9 Å². The molecular weight excluding hydrogens is 518 g/mol. The van der Waals surface area contributed by atoms with Crippen LogP contribution in [0.25, 0.3) is 5.76 Å². The standard InChI is InChI=1S/C29H37N3O8/c1-12-15-6-7-16(30-14-8-10-32(5)11-9-14)23(34)19(15)24(35)20-17(12)25(36)21-22(31(3)4)26(37)18(13(2)33)27(38)29(21,40)28(20)39/h6-7,12,14,17,21-22,25,30,34-36,38,40H,8-11H2,1-5H3/t12-,17+,21+,22-,25-,29+/m0/s1. The van der Waals surface area contributed by atoms with Crippen molar-refractivity contribution in [3.05, 3.63) is 40.2 Å². The largest absolute Gasteiger partial charge is 0.508 e. The number of ketones is 3. The Morgan fingerprint density at radius 1 is 1.12 bits per heavy atom. The van der Waals surface area contributed by atoms with Gasteiger partial charge in [0.05, 0.1) is 29.3 Å². The second-order valence-corrected chi connectivity index (χ2v) is 11.9. The Balaban J connectivity index is 1.67. The second-order valence-electron chi connectivity index (χ2n) is 11.9. The highest BCUT2D eigenvalue weighted by Crippen LogP contribution is 2.56. The lowest BCUT2D eigenvalue weighted by atomic mass is 9.54. The van der Waals surface area contributed by atoms with E-state index in [2.05, 4.69) is 10.2 Å². The molecule has 11 nitrogen and oxygen atoms in total. The number of hydrogen-bond acceptors (Lipinski definition) is 11. The molecule has 5 rings (SSSR count). The van der Waals surface area contributed by atoms with Gasteiger partial charge in [-0.25, -0.2) is 0 Å². The topological polar surface area (TPSA) is 171 Å². The number of aliphatic hydroxyl groups excluding tert-OH is 3. The van der Waals surface area contributed by atoms with Gasteiger partial charge >= 0.3 is 0 Å². The number of nitrogens with one attached hydrogen (secondary N) is 1. The quantitative estimate of drug-likeness (QED) is 0.232. The number of Topliss-reactive ketones (excluding diaryl/α,β-unsaturated/α-hetero) is 3. The van der Waals surface area contributed by atoms with Crippen LogP contribution in [-0.2, 0) is 14.4 Å². The molecule has 0 unspecified atom stereocenters. The Bertz CT molecular complexity index is 1360. The summed E-state index contributed by atoms with van der Waals surface area (Å²) in [4.78, 5) is 43.4. The normalized spacial score (nSPS) is 33.1. The van der Waals surface area contributed by atoms with Gasteiger partial charge in [0.2, 0.25) is 5.78 Å². The number of hydrogen-bond donors (Lipinski definition) is 6. The summed E-state index contributed by atoms with van der Waals surface area (Å²) in [7, 11) is 5.07. The molecule has 1 aliphatic heterocycles. The fourth-order valence-corrected chi connectivity index (χ4v) is 7.21. The molecule has 1 saturated carbocycles. The summed E-state index contributed by atoms with van der Waals surface area (Å²) in [5.41, 5.74) is -3.05. The molecule has 6 N–H and O–H groups in total. The van der Waals surface area contributed by atoms with Gasteiger partial charge in [-0.3, -0.25) is 19.3 Å². The van der Waals surface area contributed by atoms with Crippen LogP contribution in [0.15, 0.2) is 29.0 Å². The summed E-state index contributed by atoms with van der Waals surface area (Å²) in [6, 6.07) is 2.22. The summed E-state index contributed by atoms with van der Waals surface area (Å²) >= 11 is 0. The van der Waals surface area contributed by atoms with Crippen LogP contribution in [0.5, 0.6) is 5.75 Å². The molecule has 1 aromatic rings. The molecule has 4 aliphatic rings. The fraction of sp³-hybridized carbons (Fsp3) is 0.552. The van der Waals surface area contributed by atoms with Crippen LogP contribution in [0.4, 0.5) is 5.69 Å². The molecular formula is C29H37N3O8. The Hall–Kier alpha value is -3.25. The third-order valence-electron chi connectivity index (χ3n) is 9.31. The summed E-state index contributed by atoms with van der Waals surface area (Å²) < 4.78 is 0. The summed E-state index contributed by atoms with van der Waals surface area (Å²) in [5.74, 6) is -7.97. The molecule has 1 aromatic carbocycles. The summed E-state index contributed by atoms with van der Waals surface area (Å²) in [6.07, 6.45) is 0.135. The van der Waals surface area contributed by atoms with Gasteiger partial charge in [0.25, 0.3) is 0 Å². The number of carbonyl (C=O) groups excluding carboxylic acids is 3. The lowest BCUT2D eigenvalue weighted by Gasteiger charge is -2.53. The van der Waals surface area contributed by atoms with Crippen LogP contribution in [0.3, 0.4) is 0 Å². The van der Waals surface area contributed by atoms with E-state index < -0.39 is 69.9 Å². The van der Waals surface area contributed by atoms with E-state index >= 15 is 0 Å². The van der Waals surface area contributed by atoms with Crippen LogP contribution in [-0.4, -0.2) is 111 Å². The molecule has 11 heteroatoms. The third-order valence-corrected chi connectivity index (χ3v) is 9.31. The molecule has 3 aliphatic carbocycles. The minimum absolute atomic E-state index is 0.00517. The van der Waals surface area contributed by atoms with Crippen molar-refractivity contribution in [3.8, 4) is 5.75 Å². The molecule has 216 valence electrons. The van der Waals surface area contributed by atoms with E-state index in [1.807, 2.05) is 7.05 Å². The highest BCUT2D eigenvalue weighted by Gasteiger charge is 2.68. The zero-order valence-corrected chi connectivity index (χ0v) is 23.3. The number of fused-ring (bicyclic) bond motifs is 3. The third kappa shape index (κ3) is 3.82. The minimum Gasteiger partial charge on any atom is -0.508 e. The van der Waals surface area contributed by atoms with E-state index in [0.29, 0.717) is 11.3 Å². The first kappa shape index (κ1) is 28.3. The number of phenolic OH excluding ortho intramolecular Hbond substituents is 1. The van der Waals surface area contributed by atoms with Gasteiger partial charge in [-0.15, -0.1) is 0 Å². The zero-order chi connectivity index (χ0) is 29.4. The van der Waals surface area contributed by atoms with Gasteiger partial charge in [-0.05, 0) is 71.5 Å². The molecule has 2 fully saturated rings. The van der Waals surface area contributed by atoms with Crippen molar-refractivity contribution in [2.45, 2.75) is 56.4 Å². The SMILES string of the molecule is CC(=O)C1=C(O)[C@@]2(O)C(=O)C3=C(O)c4c(ccc(NC5CCN(C)CC5)c4O)[C@H](C)[C@H]3[C@H](O)[C@H]2[C@H](N(C)C)C1=O. The molecule has 1 saturated heterocycles. The fourth-order valence-electron chi connectivity index (χ4n) is 7.21. The van der Waals surface area contributed by atoms with Gasteiger partial charge in [0.15, 0.2) is 17.2 Å². The number of piperidine rings is 1. The number of rotatable bonds is 4. The molecule has 0 aromatic heterocycles. The predicted molar refractivity (Wildman–Crippen MR) is 146 cm³/mol. The predicted octanol–water partition coefficient (Wildman–Crippen LogP) is 1.11. The Labute approximate surface area is 232 Å². The maximum Gasteiger partial charge on any atom is 0.202 e. The molecule has 0 bridgehead atoms. The van der Waals surface area contributed by atoms with Crippen molar-refractivity contribution in [1.29, 1.82) is 0 Å². The number of aliphatic hydroxyl groups is 4. The second kappa shape index (κ2) is 9.69. The minimum atomic E-state index is -2.85. The first-order valence-electron chi connectivity index (χ1n) is 13.6. The number of anilines is 1. The number of aromatic hydroxyl groups is 1. The van der Waals surface area contributed by atoms with Crippen molar-refractivity contribution in [3.63, 3.8) is 0 Å². The Kier molecular flexibility index (Phi) is 6.85. The first-order chi connectivity index (χ1) is 18.7. The Morgan fingerprint density at radius 3 is 2.33 bits per heavy atom. The molecule has 0 radical (unpaired) electrons. The molecule has 0 spiro atoms. The van der Waals surface area contributed by atoms with Gasteiger partial charge in [0.1, 0.15) is 22.8 Å². The lowest BCUT2D eigenvalue weighted by molar-refractivity contribution is -0.169. The number of phenols is 1. The molecule has 40 heavy (non-hydrogen) atoms. The van der Waals surface area contributed by atoms with E-state index in [-0.39, 0.29) is 22.9 Å². The van der Waals surface area contributed by atoms with E-state index in [1.54, 1.807) is 19.1 Å². The number of carbonyl (C=O) groups is 3. The highest BCUT2D eigenvalue weighted by molar-refractivity contribution is 6.25. The maximum absolute atomic E-state index is 14.1. The average Bonchev–Trinajstić information content (AvgIpc) is 2.88. The number of benzene rings is 1. The van der Waals surface area contributed by atoms with Gasteiger partial charge in [0, 0.05) is 17.5 Å². The van der Waals surface area contributed by atoms with Crippen LogP contribution in [0.1, 0.15) is 43.7 Å². The molecule has 6 atom stereocenters. The Morgan fingerprint density at radius 2 is 1.75 bits per heavy atom. The average molecular weight is 556 g/mol. The van der Waals surface area contributed by atoms with Gasteiger partial charge in [-0.1, -0.05) is 13.0 Å². The first-order valence-corrected chi connectivity index (χ1v) is 13.6. The number of likely N-dealkylation sites (tertiary alicyclic amines) is 1. The van der Waals surface area contributed by atoms with Crippen molar-refractivity contribution in [2.75, 3.05) is 39.5 Å². The number of nitrogens with zero attached hydrogens (tertiary/aromatic N) is 2. The van der Waals surface area contributed by atoms with Crippen molar-refractivity contribution in [1.82, 2.24) is 9.80 Å². The molecule has 0 amide bonds. The van der Waals surface area contributed by atoms with Gasteiger partial charge in [-0.2, -0.15) is 0 Å². The summed E-state index contributed by atoms with van der Waals surface area (Å²) in [6.45, 7) is 4.55. The molecule has 1 heterocycles.